The number of likely N-dealkylation sites (N-methyl/N-ethyl adjacent to an activating group) is 1. The van der Waals surface area contributed by atoms with Gasteiger partial charge in [-0.1, -0.05) is 6.92 Å². The van der Waals surface area contributed by atoms with Crippen molar-refractivity contribution < 1.29 is 9.47 Å². The first-order valence-corrected chi connectivity index (χ1v) is 6.48. The van der Waals surface area contributed by atoms with E-state index in [-0.39, 0.29) is 0 Å². The second-order valence-corrected chi connectivity index (χ2v) is 4.77. The van der Waals surface area contributed by atoms with Crippen molar-refractivity contribution in [3.05, 3.63) is 0 Å². The highest BCUT2D eigenvalue weighted by molar-refractivity contribution is 4.81. The Balaban J connectivity index is 1.68. The van der Waals surface area contributed by atoms with E-state index in [1.807, 2.05) is 0 Å². The van der Waals surface area contributed by atoms with Crippen molar-refractivity contribution in [1.82, 2.24) is 10.2 Å². The van der Waals surface area contributed by atoms with Crippen molar-refractivity contribution in [3.8, 4) is 0 Å². The largest absolute Gasteiger partial charge is 0.377 e. The van der Waals surface area contributed by atoms with Crippen LogP contribution in [-0.2, 0) is 9.47 Å². The third kappa shape index (κ3) is 3.17. The van der Waals surface area contributed by atoms with Crippen LogP contribution in [0.3, 0.4) is 0 Å². The van der Waals surface area contributed by atoms with E-state index >= 15 is 0 Å². The van der Waals surface area contributed by atoms with E-state index in [1.54, 1.807) is 0 Å². The summed E-state index contributed by atoms with van der Waals surface area (Å²) < 4.78 is 11.3. The van der Waals surface area contributed by atoms with Gasteiger partial charge in [-0.2, -0.15) is 0 Å². The van der Waals surface area contributed by atoms with E-state index < -0.39 is 0 Å². The molecule has 1 N–H and O–H groups in total. The van der Waals surface area contributed by atoms with Crippen molar-refractivity contribution in [2.45, 2.75) is 38.5 Å². The Morgan fingerprint density at radius 1 is 1.31 bits per heavy atom. The molecule has 0 spiro atoms. The number of morpholine rings is 1. The molecule has 2 saturated heterocycles. The zero-order valence-electron chi connectivity index (χ0n) is 10.4. The highest BCUT2D eigenvalue weighted by Gasteiger charge is 2.26. The molecule has 3 unspecified atom stereocenters. The normalized spacial score (nSPS) is 36.8. The van der Waals surface area contributed by atoms with Gasteiger partial charge in [-0.3, -0.25) is 4.90 Å². The van der Waals surface area contributed by atoms with Crippen LogP contribution in [-0.4, -0.2) is 62.5 Å². The summed E-state index contributed by atoms with van der Waals surface area (Å²) in [5, 5.41) is 3.57. The molecule has 4 heteroatoms. The summed E-state index contributed by atoms with van der Waals surface area (Å²) in [5.74, 6) is 0. The van der Waals surface area contributed by atoms with E-state index in [1.165, 1.54) is 0 Å². The van der Waals surface area contributed by atoms with Crippen LogP contribution in [0.5, 0.6) is 0 Å². The molecule has 0 radical (unpaired) electrons. The third-order valence-electron chi connectivity index (χ3n) is 3.65. The Hall–Kier alpha value is -0.160. The van der Waals surface area contributed by atoms with Gasteiger partial charge in [-0.05, 0) is 19.9 Å². The van der Waals surface area contributed by atoms with Gasteiger partial charge in [0.25, 0.3) is 0 Å². The van der Waals surface area contributed by atoms with Crippen molar-refractivity contribution >= 4 is 0 Å². The number of hydrogen-bond acceptors (Lipinski definition) is 4. The lowest BCUT2D eigenvalue weighted by atomic mass is 10.1. The molecule has 2 aliphatic rings. The SMILES string of the molecule is CCN1CCOC(CNC2CCOC2C)C1. The van der Waals surface area contributed by atoms with Gasteiger partial charge in [0.15, 0.2) is 0 Å². The van der Waals surface area contributed by atoms with Gasteiger partial charge >= 0.3 is 0 Å². The molecule has 0 saturated carbocycles. The standard InChI is InChI=1S/C12H24N2O2/c1-3-14-5-7-16-11(9-14)8-13-12-4-6-15-10(12)2/h10-13H,3-9H2,1-2H3. The highest BCUT2D eigenvalue weighted by Crippen LogP contribution is 2.13. The predicted molar refractivity (Wildman–Crippen MR) is 63.7 cm³/mol. The first-order valence-electron chi connectivity index (χ1n) is 6.48. The van der Waals surface area contributed by atoms with Gasteiger partial charge in [0.05, 0.1) is 18.8 Å². The lowest BCUT2D eigenvalue weighted by molar-refractivity contribution is -0.0272. The van der Waals surface area contributed by atoms with Gasteiger partial charge in [-0.25, -0.2) is 0 Å². The second-order valence-electron chi connectivity index (χ2n) is 4.77. The Bertz CT molecular complexity index is 213. The monoisotopic (exact) mass is 228 g/mol. The minimum Gasteiger partial charge on any atom is -0.377 e. The zero-order chi connectivity index (χ0) is 11.4. The van der Waals surface area contributed by atoms with Crippen LogP contribution in [0.1, 0.15) is 20.3 Å². The molecule has 0 aromatic carbocycles. The van der Waals surface area contributed by atoms with Crippen LogP contribution in [0.2, 0.25) is 0 Å². The summed E-state index contributed by atoms with van der Waals surface area (Å²) in [6.07, 6.45) is 1.83. The molecule has 0 aromatic rings. The molecule has 2 aliphatic heterocycles. The number of rotatable bonds is 4. The summed E-state index contributed by atoms with van der Waals surface area (Å²) in [6.45, 7) is 10.3. The van der Waals surface area contributed by atoms with Crippen LogP contribution in [0, 0.1) is 0 Å². The summed E-state index contributed by atoms with van der Waals surface area (Å²) in [6, 6.07) is 0.514. The van der Waals surface area contributed by atoms with E-state index in [0.29, 0.717) is 18.2 Å². The fraction of sp³-hybridized carbons (Fsp3) is 1.00. The molecule has 2 heterocycles. The van der Waals surface area contributed by atoms with Crippen LogP contribution in [0.4, 0.5) is 0 Å². The summed E-state index contributed by atoms with van der Waals surface area (Å²) in [4.78, 5) is 2.45. The molecule has 2 rings (SSSR count). The molecule has 0 bridgehead atoms. The maximum Gasteiger partial charge on any atom is 0.0826 e. The van der Waals surface area contributed by atoms with Gasteiger partial charge in [0.1, 0.15) is 0 Å². The number of hydrogen-bond donors (Lipinski definition) is 1. The number of nitrogens with one attached hydrogen (secondary N) is 1. The fourth-order valence-electron chi connectivity index (χ4n) is 2.47. The van der Waals surface area contributed by atoms with E-state index in [0.717, 1.165) is 45.8 Å². The maximum absolute atomic E-state index is 5.76. The minimum absolute atomic E-state index is 0.349. The first-order chi connectivity index (χ1) is 7.79. The maximum atomic E-state index is 5.76. The summed E-state index contributed by atoms with van der Waals surface area (Å²) in [7, 11) is 0. The Morgan fingerprint density at radius 2 is 2.19 bits per heavy atom. The van der Waals surface area contributed by atoms with Crippen molar-refractivity contribution in [3.63, 3.8) is 0 Å². The Kier molecular flexibility index (Phi) is 4.58. The van der Waals surface area contributed by atoms with Crippen molar-refractivity contribution in [2.24, 2.45) is 0 Å². The zero-order valence-corrected chi connectivity index (χ0v) is 10.4. The second kappa shape index (κ2) is 5.96. The van der Waals surface area contributed by atoms with E-state index in [2.05, 4.69) is 24.1 Å². The topological polar surface area (TPSA) is 33.7 Å². The lowest BCUT2D eigenvalue weighted by Crippen LogP contribution is -2.49. The average molecular weight is 228 g/mol. The summed E-state index contributed by atoms with van der Waals surface area (Å²) >= 11 is 0. The average Bonchev–Trinajstić information content (AvgIpc) is 2.72. The van der Waals surface area contributed by atoms with Gasteiger partial charge in [0, 0.05) is 32.3 Å². The van der Waals surface area contributed by atoms with Crippen LogP contribution >= 0.6 is 0 Å². The predicted octanol–water partition coefficient (Wildman–Crippen LogP) is 0.474. The summed E-state index contributed by atoms with van der Waals surface area (Å²) in [5.41, 5.74) is 0. The molecular weight excluding hydrogens is 204 g/mol. The number of nitrogens with zero attached hydrogens (tertiary/aromatic N) is 1. The number of ether oxygens (including phenoxy) is 2. The Labute approximate surface area is 98.3 Å². The van der Waals surface area contributed by atoms with Gasteiger partial charge < -0.3 is 14.8 Å². The van der Waals surface area contributed by atoms with Crippen molar-refractivity contribution in [1.29, 1.82) is 0 Å². The molecular formula is C12H24N2O2. The molecule has 16 heavy (non-hydrogen) atoms. The van der Waals surface area contributed by atoms with Crippen LogP contribution in [0.25, 0.3) is 0 Å². The quantitative estimate of drug-likeness (QED) is 0.758. The molecule has 0 amide bonds. The smallest absolute Gasteiger partial charge is 0.0826 e. The fourth-order valence-corrected chi connectivity index (χ4v) is 2.47. The third-order valence-corrected chi connectivity index (χ3v) is 3.65. The van der Waals surface area contributed by atoms with Crippen LogP contribution in [0.15, 0.2) is 0 Å². The van der Waals surface area contributed by atoms with Gasteiger partial charge in [0.2, 0.25) is 0 Å². The van der Waals surface area contributed by atoms with E-state index in [9.17, 15) is 0 Å². The molecule has 0 aromatic heterocycles. The lowest BCUT2D eigenvalue weighted by Gasteiger charge is -2.33. The Morgan fingerprint density at radius 3 is 2.88 bits per heavy atom. The highest BCUT2D eigenvalue weighted by atomic mass is 16.5. The molecule has 3 atom stereocenters. The van der Waals surface area contributed by atoms with E-state index in [4.69, 9.17) is 9.47 Å². The molecule has 4 nitrogen and oxygen atoms in total. The first kappa shape index (κ1) is 12.3. The van der Waals surface area contributed by atoms with Gasteiger partial charge in [-0.15, -0.1) is 0 Å². The minimum atomic E-state index is 0.349. The van der Waals surface area contributed by atoms with Crippen LogP contribution < -0.4 is 5.32 Å². The molecule has 0 aliphatic carbocycles. The molecule has 2 fully saturated rings. The molecule has 94 valence electrons. The van der Waals surface area contributed by atoms with Crippen molar-refractivity contribution in [2.75, 3.05) is 39.4 Å².